The first-order valence-corrected chi connectivity index (χ1v) is 5.71. The zero-order chi connectivity index (χ0) is 13.5. The molecule has 0 fully saturated rings. The molecule has 1 aromatic rings. The highest BCUT2D eigenvalue weighted by molar-refractivity contribution is 5.94. The molecule has 0 aliphatic rings. The van der Waals surface area contributed by atoms with Gasteiger partial charge in [0.05, 0.1) is 6.54 Å². The Hall–Kier alpha value is -1.83. The molecule has 18 heavy (non-hydrogen) atoms. The number of benzene rings is 1. The second-order valence-corrected chi connectivity index (χ2v) is 3.90. The van der Waals surface area contributed by atoms with Crippen LogP contribution >= 0.6 is 0 Å². The average molecular weight is 246 g/mol. The summed E-state index contributed by atoms with van der Waals surface area (Å²) in [7, 11) is 1.50. The van der Waals surface area contributed by atoms with Crippen molar-refractivity contribution in [2.75, 3.05) is 19.0 Å². The topological polar surface area (TPSA) is 64.3 Å². The van der Waals surface area contributed by atoms with E-state index in [9.17, 15) is 4.79 Å². The first-order chi connectivity index (χ1) is 8.58. The Labute approximate surface area is 108 Å². The van der Waals surface area contributed by atoms with Gasteiger partial charge < -0.3 is 15.8 Å². The third-order valence-electron chi connectivity index (χ3n) is 2.55. The summed E-state index contributed by atoms with van der Waals surface area (Å²) in [6.45, 7) is 3.97. The first-order valence-electron chi connectivity index (χ1n) is 5.71. The third kappa shape index (κ3) is 3.88. The number of amides is 1. The Kier molecular flexibility index (Phi) is 5.37. The maximum atomic E-state index is 11.7. The summed E-state index contributed by atoms with van der Waals surface area (Å²) in [5, 5.41) is 2.77. The average Bonchev–Trinajstić information content (AvgIpc) is 2.38. The lowest BCUT2D eigenvalue weighted by molar-refractivity contribution is -0.124. The van der Waals surface area contributed by atoms with Gasteiger partial charge in [-0.15, -0.1) is 0 Å². The van der Waals surface area contributed by atoms with Crippen LogP contribution < -0.4 is 11.1 Å². The minimum atomic E-state index is -0.482. The van der Waals surface area contributed by atoms with Crippen LogP contribution in [-0.4, -0.2) is 25.7 Å². The molecule has 1 atom stereocenters. The molecule has 96 valence electrons. The van der Waals surface area contributed by atoms with Gasteiger partial charge in [0.1, 0.15) is 6.10 Å². The summed E-state index contributed by atoms with van der Waals surface area (Å²) < 4.78 is 4.95. The highest BCUT2D eigenvalue weighted by atomic mass is 16.5. The second-order valence-electron chi connectivity index (χ2n) is 3.90. The normalized spacial score (nSPS) is 11.3. The van der Waals surface area contributed by atoms with E-state index in [2.05, 4.69) is 17.2 Å². The van der Waals surface area contributed by atoms with Crippen LogP contribution in [-0.2, 0) is 9.53 Å². The number of hydrogen-bond donors (Lipinski definition) is 2. The van der Waals surface area contributed by atoms with Gasteiger partial charge in [-0.3, -0.25) is 4.79 Å². The van der Waals surface area contributed by atoms with Crippen molar-refractivity contribution in [1.82, 2.24) is 0 Å². The van der Waals surface area contributed by atoms with Crippen molar-refractivity contribution in [2.24, 2.45) is 5.73 Å². The van der Waals surface area contributed by atoms with E-state index in [1.807, 2.05) is 25.1 Å². The van der Waals surface area contributed by atoms with E-state index in [-0.39, 0.29) is 5.91 Å². The van der Waals surface area contributed by atoms with E-state index in [0.29, 0.717) is 12.2 Å². The van der Waals surface area contributed by atoms with E-state index >= 15 is 0 Å². The number of rotatable bonds is 3. The van der Waals surface area contributed by atoms with E-state index < -0.39 is 6.10 Å². The highest BCUT2D eigenvalue weighted by Crippen LogP contribution is 2.14. The minimum absolute atomic E-state index is 0.181. The quantitative estimate of drug-likeness (QED) is 0.790. The number of anilines is 1. The molecule has 1 rings (SSSR count). The third-order valence-corrected chi connectivity index (χ3v) is 2.55. The lowest BCUT2D eigenvalue weighted by Gasteiger charge is -2.11. The molecular formula is C14H18N2O2. The standard InChI is InChI=1S/C14H18N2O2/c1-10-6-7-13(9-12(10)5-4-8-15)16-14(17)11(2)18-3/h6-7,9,11H,8,15H2,1-3H3,(H,16,17). The number of nitrogens with one attached hydrogen (secondary N) is 1. The Morgan fingerprint density at radius 2 is 2.28 bits per heavy atom. The molecule has 4 nitrogen and oxygen atoms in total. The van der Waals surface area contributed by atoms with E-state index in [1.165, 1.54) is 7.11 Å². The summed E-state index contributed by atoms with van der Waals surface area (Å²) in [4.78, 5) is 11.7. The maximum Gasteiger partial charge on any atom is 0.253 e. The van der Waals surface area contributed by atoms with E-state index in [1.54, 1.807) is 6.92 Å². The van der Waals surface area contributed by atoms with Gasteiger partial charge in [0, 0.05) is 18.4 Å². The van der Waals surface area contributed by atoms with Gasteiger partial charge in [-0.25, -0.2) is 0 Å². The van der Waals surface area contributed by atoms with Crippen molar-refractivity contribution in [2.45, 2.75) is 20.0 Å². The lowest BCUT2D eigenvalue weighted by Crippen LogP contribution is -2.26. The van der Waals surface area contributed by atoms with Crippen LogP contribution in [0.5, 0.6) is 0 Å². The van der Waals surface area contributed by atoms with Gasteiger partial charge in [0.2, 0.25) is 0 Å². The largest absolute Gasteiger partial charge is 0.372 e. The van der Waals surface area contributed by atoms with Crippen molar-refractivity contribution in [3.05, 3.63) is 29.3 Å². The molecule has 0 heterocycles. The number of aryl methyl sites for hydroxylation is 1. The van der Waals surface area contributed by atoms with Gasteiger partial charge in [0.25, 0.3) is 5.91 Å². The zero-order valence-corrected chi connectivity index (χ0v) is 10.9. The van der Waals surface area contributed by atoms with Crippen molar-refractivity contribution in [3.63, 3.8) is 0 Å². The Bertz CT molecular complexity index is 486. The molecule has 0 saturated heterocycles. The summed E-state index contributed by atoms with van der Waals surface area (Å²) in [5.41, 5.74) is 7.96. The molecule has 1 unspecified atom stereocenters. The predicted octanol–water partition coefficient (Wildman–Crippen LogP) is 1.28. The molecule has 0 spiro atoms. The molecular weight excluding hydrogens is 228 g/mol. The minimum Gasteiger partial charge on any atom is -0.372 e. The molecule has 0 aliphatic heterocycles. The van der Waals surface area contributed by atoms with Crippen molar-refractivity contribution in [3.8, 4) is 11.8 Å². The van der Waals surface area contributed by atoms with Crippen LogP contribution in [0.2, 0.25) is 0 Å². The second kappa shape index (κ2) is 6.80. The summed E-state index contributed by atoms with van der Waals surface area (Å²) in [6.07, 6.45) is -0.482. The molecule has 0 aliphatic carbocycles. The maximum absolute atomic E-state index is 11.7. The van der Waals surface area contributed by atoms with Crippen molar-refractivity contribution >= 4 is 11.6 Å². The fraction of sp³-hybridized carbons (Fsp3) is 0.357. The number of carbonyl (C=O) groups is 1. The number of carbonyl (C=O) groups excluding carboxylic acids is 1. The van der Waals surface area contributed by atoms with Crippen LogP contribution in [0.3, 0.4) is 0 Å². The lowest BCUT2D eigenvalue weighted by atomic mass is 10.1. The van der Waals surface area contributed by atoms with Crippen molar-refractivity contribution < 1.29 is 9.53 Å². The molecule has 3 N–H and O–H groups in total. The monoisotopic (exact) mass is 246 g/mol. The van der Waals surface area contributed by atoms with E-state index in [0.717, 1.165) is 11.1 Å². The Morgan fingerprint density at radius 1 is 1.56 bits per heavy atom. The van der Waals surface area contributed by atoms with Crippen molar-refractivity contribution in [1.29, 1.82) is 0 Å². The molecule has 0 aromatic heterocycles. The zero-order valence-electron chi connectivity index (χ0n) is 10.9. The van der Waals surface area contributed by atoms with Crippen LogP contribution in [0.4, 0.5) is 5.69 Å². The number of ether oxygens (including phenoxy) is 1. The fourth-order valence-electron chi connectivity index (χ4n) is 1.33. The van der Waals surface area contributed by atoms with Gasteiger partial charge >= 0.3 is 0 Å². The fourth-order valence-corrected chi connectivity index (χ4v) is 1.33. The van der Waals surface area contributed by atoms with E-state index in [4.69, 9.17) is 10.5 Å². The molecule has 0 saturated carbocycles. The van der Waals surface area contributed by atoms with Crippen LogP contribution in [0.15, 0.2) is 18.2 Å². The molecule has 4 heteroatoms. The molecule has 0 bridgehead atoms. The number of hydrogen-bond acceptors (Lipinski definition) is 3. The predicted molar refractivity (Wildman–Crippen MR) is 72.2 cm³/mol. The Balaban J connectivity index is 2.88. The van der Waals surface area contributed by atoms with Gasteiger partial charge in [0.15, 0.2) is 0 Å². The molecule has 1 amide bonds. The first kappa shape index (κ1) is 14.2. The molecule has 0 radical (unpaired) electrons. The number of methoxy groups -OCH3 is 1. The summed E-state index contributed by atoms with van der Waals surface area (Å²) in [6, 6.07) is 5.58. The van der Waals surface area contributed by atoms with Gasteiger partial charge in [-0.2, -0.15) is 0 Å². The summed E-state index contributed by atoms with van der Waals surface area (Å²) >= 11 is 0. The van der Waals surface area contributed by atoms with Crippen LogP contribution in [0, 0.1) is 18.8 Å². The SMILES string of the molecule is COC(C)C(=O)Nc1ccc(C)c(C#CCN)c1. The molecule has 1 aromatic carbocycles. The van der Waals surface area contributed by atoms with Crippen LogP contribution in [0.25, 0.3) is 0 Å². The van der Waals surface area contributed by atoms with Gasteiger partial charge in [-0.1, -0.05) is 17.9 Å². The smallest absolute Gasteiger partial charge is 0.253 e. The highest BCUT2D eigenvalue weighted by Gasteiger charge is 2.11. The number of nitrogens with two attached hydrogens (primary N) is 1. The Morgan fingerprint density at radius 3 is 2.89 bits per heavy atom. The van der Waals surface area contributed by atoms with Crippen LogP contribution in [0.1, 0.15) is 18.1 Å². The summed E-state index contributed by atoms with van der Waals surface area (Å²) in [5.74, 6) is 5.59. The van der Waals surface area contributed by atoms with Gasteiger partial charge in [-0.05, 0) is 31.5 Å².